The number of methoxy groups -OCH3 is 1. The zero-order valence-electron chi connectivity index (χ0n) is 7.45. The predicted molar refractivity (Wildman–Crippen MR) is 44.6 cm³/mol. The highest BCUT2D eigenvalue weighted by atomic mass is 19.1. The first-order valence-electron chi connectivity index (χ1n) is 3.78. The molecule has 72 valence electrons. The van der Waals surface area contributed by atoms with Crippen LogP contribution in [0.5, 0.6) is 0 Å². The molecule has 0 amide bonds. The smallest absolute Gasteiger partial charge is 0.310 e. The highest BCUT2D eigenvalue weighted by molar-refractivity contribution is 5.72. The van der Waals surface area contributed by atoms with Gasteiger partial charge in [-0.1, -0.05) is 0 Å². The Morgan fingerprint density at radius 3 is 3.00 bits per heavy atom. The van der Waals surface area contributed by atoms with Gasteiger partial charge in [0.25, 0.3) is 0 Å². The van der Waals surface area contributed by atoms with E-state index in [9.17, 15) is 9.18 Å². The van der Waals surface area contributed by atoms with Crippen LogP contribution < -0.4 is 0 Å². The molecule has 0 aliphatic heterocycles. The molecule has 0 saturated carbocycles. The predicted octanol–water partition coefficient (Wildman–Crippen LogP) is 0.808. The topological polar surface area (TPSA) is 63.0 Å². The lowest BCUT2D eigenvalue weighted by atomic mass is 10.1. The molecule has 5 heteroatoms. The van der Waals surface area contributed by atoms with Gasteiger partial charge in [0.15, 0.2) is 0 Å². The van der Waals surface area contributed by atoms with Gasteiger partial charge in [0.2, 0.25) is 0 Å². The standard InChI is InChI=1S/C9H7FN2O2/c1-14-8(13)2-6-4-12-5-7(3-11)9(6)10/h4-5H,2H2,1H3. The van der Waals surface area contributed by atoms with Gasteiger partial charge in [-0.15, -0.1) is 0 Å². The van der Waals surface area contributed by atoms with Gasteiger partial charge in [0, 0.05) is 18.0 Å². The van der Waals surface area contributed by atoms with Gasteiger partial charge in [-0.3, -0.25) is 9.78 Å². The third kappa shape index (κ3) is 2.04. The lowest BCUT2D eigenvalue weighted by molar-refractivity contribution is -0.139. The van der Waals surface area contributed by atoms with E-state index in [0.717, 1.165) is 6.20 Å². The Hall–Kier alpha value is -1.96. The lowest BCUT2D eigenvalue weighted by Crippen LogP contribution is -2.07. The maximum absolute atomic E-state index is 13.3. The van der Waals surface area contributed by atoms with Crippen LogP contribution >= 0.6 is 0 Å². The molecule has 0 spiro atoms. The molecule has 14 heavy (non-hydrogen) atoms. The Labute approximate surface area is 79.9 Å². The maximum Gasteiger partial charge on any atom is 0.310 e. The van der Waals surface area contributed by atoms with Gasteiger partial charge in [0.1, 0.15) is 17.4 Å². The number of hydrogen-bond donors (Lipinski definition) is 0. The van der Waals surface area contributed by atoms with Gasteiger partial charge in [-0.05, 0) is 0 Å². The molecule has 0 aliphatic carbocycles. The SMILES string of the molecule is COC(=O)Cc1cncc(C#N)c1F. The fourth-order valence-corrected chi connectivity index (χ4v) is 0.917. The average molecular weight is 194 g/mol. The van der Waals surface area contributed by atoms with Crippen molar-refractivity contribution in [3.8, 4) is 6.07 Å². The summed E-state index contributed by atoms with van der Waals surface area (Å²) in [6.07, 6.45) is 2.09. The third-order valence-electron chi connectivity index (χ3n) is 1.64. The highest BCUT2D eigenvalue weighted by Gasteiger charge is 2.11. The molecule has 0 N–H and O–H groups in total. The van der Waals surface area contributed by atoms with E-state index >= 15 is 0 Å². The second-order valence-electron chi connectivity index (χ2n) is 2.52. The van der Waals surface area contributed by atoms with E-state index < -0.39 is 11.8 Å². The normalized spacial score (nSPS) is 9.21. The number of esters is 1. The van der Waals surface area contributed by atoms with Crippen LogP contribution in [0.15, 0.2) is 12.4 Å². The van der Waals surface area contributed by atoms with Crippen LogP contribution in [0.3, 0.4) is 0 Å². The van der Waals surface area contributed by atoms with Crippen molar-refractivity contribution in [2.75, 3.05) is 7.11 Å². The summed E-state index contributed by atoms with van der Waals surface area (Å²) in [5.74, 6) is -1.28. The molecule has 0 saturated heterocycles. The summed E-state index contributed by atoms with van der Waals surface area (Å²) in [6.45, 7) is 0. The zero-order chi connectivity index (χ0) is 10.6. The second-order valence-corrected chi connectivity index (χ2v) is 2.52. The van der Waals surface area contributed by atoms with Crippen molar-refractivity contribution in [1.82, 2.24) is 4.98 Å². The van der Waals surface area contributed by atoms with Crippen molar-refractivity contribution in [2.24, 2.45) is 0 Å². The Bertz CT molecular complexity index is 398. The number of pyridine rings is 1. The van der Waals surface area contributed by atoms with Crippen LogP contribution in [-0.2, 0) is 16.0 Å². The van der Waals surface area contributed by atoms with Crippen molar-refractivity contribution in [1.29, 1.82) is 5.26 Å². The summed E-state index contributed by atoms with van der Waals surface area (Å²) in [4.78, 5) is 14.5. The van der Waals surface area contributed by atoms with Crippen LogP contribution in [0, 0.1) is 17.1 Å². The molecule has 1 aromatic rings. The van der Waals surface area contributed by atoms with Crippen LogP contribution in [0.25, 0.3) is 0 Å². The Kier molecular flexibility index (Phi) is 3.13. The van der Waals surface area contributed by atoms with Crippen molar-refractivity contribution in [3.05, 3.63) is 29.3 Å². The zero-order valence-corrected chi connectivity index (χ0v) is 7.45. The largest absolute Gasteiger partial charge is 0.469 e. The van der Waals surface area contributed by atoms with Crippen LogP contribution in [0.4, 0.5) is 4.39 Å². The van der Waals surface area contributed by atoms with E-state index in [1.807, 2.05) is 0 Å². The van der Waals surface area contributed by atoms with Crippen molar-refractivity contribution in [3.63, 3.8) is 0 Å². The summed E-state index contributed by atoms with van der Waals surface area (Å²) in [7, 11) is 1.21. The molecular weight excluding hydrogens is 187 g/mol. The fraction of sp³-hybridized carbons (Fsp3) is 0.222. The van der Waals surface area contributed by atoms with E-state index in [1.165, 1.54) is 13.3 Å². The molecule has 4 nitrogen and oxygen atoms in total. The van der Waals surface area contributed by atoms with E-state index in [1.54, 1.807) is 6.07 Å². The maximum atomic E-state index is 13.3. The van der Waals surface area contributed by atoms with Crippen molar-refractivity contribution in [2.45, 2.75) is 6.42 Å². The summed E-state index contributed by atoms with van der Waals surface area (Å²) in [5.41, 5.74) is -0.109. The number of nitriles is 1. The minimum Gasteiger partial charge on any atom is -0.469 e. The molecule has 0 bridgehead atoms. The van der Waals surface area contributed by atoms with E-state index in [-0.39, 0.29) is 17.5 Å². The van der Waals surface area contributed by atoms with Gasteiger partial charge in [0.05, 0.1) is 13.5 Å². The molecule has 0 fully saturated rings. The number of hydrogen-bond acceptors (Lipinski definition) is 4. The van der Waals surface area contributed by atoms with Crippen LogP contribution in [-0.4, -0.2) is 18.1 Å². The van der Waals surface area contributed by atoms with Crippen molar-refractivity contribution < 1.29 is 13.9 Å². The monoisotopic (exact) mass is 194 g/mol. The minimum absolute atomic E-state index is 0.0656. The molecule has 0 unspecified atom stereocenters. The first-order chi connectivity index (χ1) is 6.69. The number of aromatic nitrogens is 1. The fourth-order valence-electron chi connectivity index (χ4n) is 0.917. The molecule has 0 aliphatic rings. The Balaban J connectivity index is 2.99. The molecule has 0 radical (unpaired) electrons. The molecule has 0 aromatic carbocycles. The molecule has 1 rings (SSSR count). The number of rotatable bonds is 2. The first-order valence-corrected chi connectivity index (χ1v) is 3.78. The third-order valence-corrected chi connectivity index (χ3v) is 1.64. The van der Waals surface area contributed by atoms with Crippen LogP contribution in [0.2, 0.25) is 0 Å². The minimum atomic E-state index is -0.715. The molecular formula is C9H7FN2O2. The Morgan fingerprint density at radius 1 is 1.71 bits per heavy atom. The van der Waals surface area contributed by atoms with Gasteiger partial charge in [-0.25, -0.2) is 4.39 Å². The van der Waals surface area contributed by atoms with Gasteiger partial charge >= 0.3 is 5.97 Å². The summed E-state index contributed by atoms with van der Waals surface area (Å²) < 4.78 is 17.7. The highest BCUT2D eigenvalue weighted by Crippen LogP contribution is 2.10. The lowest BCUT2D eigenvalue weighted by Gasteiger charge is -2.01. The first kappa shape index (κ1) is 10.1. The van der Waals surface area contributed by atoms with Crippen LogP contribution in [0.1, 0.15) is 11.1 Å². The molecule has 1 aromatic heterocycles. The average Bonchev–Trinajstić information content (AvgIpc) is 2.21. The van der Waals surface area contributed by atoms with E-state index in [4.69, 9.17) is 5.26 Å². The number of carbonyl (C=O) groups is 1. The number of carbonyl (C=O) groups excluding carboxylic acids is 1. The quantitative estimate of drug-likeness (QED) is 0.653. The summed E-state index contributed by atoms with van der Waals surface area (Å²) >= 11 is 0. The summed E-state index contributed by atoms with van der Waals surface area (Å²) in [6, 6.07) is 1.64. The summed E-state index contributed by atoms with van der Waals surface area (Å²) in [5, 5.41) is 8.49. The van der Waals surface area contributed by atoms with E-state index in [2.05, 4.69) is 9.72 Å². The van der Waals surface area contributed by atoms with Gasteiger partial charge in [-0.2, -0.15) is 5.26 Å². The van der Waals surface area contributed by atoms with Gasteiger partial charge < -0.3 is 4.74 Å². The molecule has 1 heterocycles. The number of halogens is 1. The van der Waals surface area contributed by atoms with E-state index in [0.29, 0.717) is 0 Å². The second kappa shape index (κ2) is 4.33. The van der Waals surface area contributed by atoms with Crippen molar-refractivity contribution >= 4 is 5.97 Å². The number of ether oxygens (including phenoxy) is 1. The number of nitrogens with zero attached hydrogens (tertiary/aromatic N) is 2. The Morgan fingerprint density at radius 2 is 2.43 bits per heavy atom. The molecule has 0 atom stereocenters.